The molecule has 0 bridgehead atoms. The van der Waals surface area contributed by atoms with Crippen LogP contribution in [-0.2, 0) is 42.8 Å². The third-order valence-corrected chi connectivity index (χ3v) is 5.29. The third kappa shape index (κ3) is 9.42. The van der Waals surface area contributed by atoms with Gasteiger partial charge in [-0.2, -0.15) is 4.98 Å². The minimum Gasteiger partial charge on any atom is -0.463 e. The molecule has 1 aliphatic heterocycles. The predicted molar refractivity (Wildman–Crippen MR) is 125 cm³/mol. The van der Waals surface area contributed by atoms with Gasteiger partial charge in [0.05, 0.1) is 19.3 Å². The highest BCUT2D eigenvalue weighted by Crippen LogP contribution is 2.33. The molecule has 2 heterocycles. The van der Waals surface area contributed by atoms with Crippen molar-refractivity contribution in [1.82, 2.24) is 9.55 Å². The Hall–Kier alpha value is -2.18. The second kappa shape index (κ2) is 14.4. The highest BCUT2D eigenvalue weighted by Gasteiger charge is 2.47. The van der Waals surface area contributed by atoms with Gasteiger partial charge in [0.25, 0.3) is 6.48 Å². The Bertz CT molecular complexity index is 906. The summed E-state index contributed by atoms with van der Waals surface area (Å²) in [5, 5.41) is 13.2. The van der Waals surface area contributed by atoms with Crippen LogP contribution in [0.2, 0.25) is 0 Å². The van der Waals surface area contributed by atoms with Crippen molar-refractivity contribution in [3.63, 3.8) is 0 Å². The summed E-state index contributed by atoms with van der Waals surface area (Å²) in [5.74, 6) is -1.34. The summed E-state index contributed by atoms with van der Waals surface area (Å²) in [5.41, 5.74) is -0.751. The molecule has 1 aliphatic rings. The number of carbonyl (C=O) groups is 3. The molecule has 2 N–H and O–H groups in total. The van der Waals surface area contributed by atoms with Crippen LogP contribution < -0.4 is 11.0 Å². The van der Waals surface area contributed by atoms with Crippen LogP contribution in [0.15, 0.2) is 17.1 Å². The average Bonchev–Trinajstić information content (AvgIpc) is 3.08. The third-order valence-electron chi connectivity index (χ3n) is 4.43. The maximum absolute atomic E-state index is 12.6. The number of anilines is 1. The van der Waals surface area contributed by atoms with Gasteiger partial charge in [-0.1, -0.05) is 22.6 Å². The van der Waals surface area contributed by atoms with E-state index in [2.05, 4.69) is 10.3 Å². The number of nitrogens with zero attached hydrogens (tertiary/aromatic N) is 2. The number of aliphatic hydroxyl groups is 1. The van der Waals surface area contributed by atoms with Crippen LogP contribution >= 0.6 is 22.6 Å². The fourth-order valence-electron chi connectivity index (χ4n) is 2.99. The van der Waals surface area contributed by atoms with Gasteiger partial charge in [-0.25, -0.2) is 4.79 Å². The first-order chi connectivity index (χ1) is 16.6. The van der Waals surface area contributed by atoms with Gasteiger partial charge in [-0.3, -0.25) is 19.0 Å². The van der Waals surface area contributed by atoms with Crippen LogP contribution in [0.25, 0.3) is 0 Å². The van der Waals surface area contributed by atoms with Crippen molar-refractivity contribution in [3.05, 3.63) is 22.7 Å². The number of nitrogens with one attached hydrogen (secondary N) is 1. The Kier molecular flexibility index (Phi) is 12.0. The zero-order chi connectivity index (χ0) is 26.0. The highest BCUT2D eigenvalue weighted by atomic mass is 127. The summed E-state index contributed by atoms with van der Waals surface area (Å²) in [6, 6.07) is 1.40. The number of halogens is 1. The molecule has 0 spiro atoms. The number of rotatable bonds is 13. The fourth-order valence-corrected chi connectivity index (χ4v) is 3.72. The van der Waals surface area contributed by atoms with Crippen LogP contribution in [0.5, 0.6) is 0 Å². The zero-order valence-corrected chi connectivity index (χ0v) is 21.5. The quantitative estimate of drug-likeness (QED) is 0.0982. The van der Waals surface area contributed by atoms with Crippen molar-refractivity contribution in [2.24, 2.45) is 0 Å². The fraction of sp³-hybridized carbons (Fsp3) is 0.650. The molecular formula is C20H28IN3O11. The van der Waals surface area contributed by atoms with Gasteiger partial charge in [0.1, 0.15) is 31.2 Å². The maximum atomic E-state index is 12.6. The largest absolute Gasteiger partial charge is 0.463 e. The van der Waals surface area contributed by atoms with Gasteiger partial charge >= 0.3 is 17.6 Å². The number of esters is 2. The van der Waals surface area contributed by atoms with Gasteiger partial charge in [0.15, 0.2) is 6.23 Å². The molecular weight excluding hydrogens is 585 g/mol. The topological polar surface area (TPSA) is 174 Å². The summed E-state index contributed by atoms with van der Waals surface area (Å²) in [6.07, 6.45) is -2.74. The van der Waals surface area contributed by atoms with E-state index in [1.54, 1.807) is 0 Å². The lowest BCUT2D eigenvalue weighted by molar-refractivity contribution is -0.321. The molecule has 0 aromatic carbocycles. The van der Waals surface area contributed by atoms with E-state index in [1.807, 2.05) is 22.6 Å². The Morgan fingerprint density at radius 2 is 1.74 bits per heavy atom. The van der Waals surface area contributed by atoms with E-state index in [0.29, 0.717) is 4.43 Å². The lowest BCUT2D eigenvalue weighted by atomic mass is 10.1. The van der Waals surface area contributed by atoms with Gasteiger partial charge in [0, 0.05) is 31.4 Å². The van der Waals surface area contributed by atoms with Crippen molar-refractivity contribution >= 4 is 46.3 Å². The molecule has 4 atom stereocenters. The first-order valence-corrected chi connectivity index (χ1v) is 12.1. The molecule has 1 fully saturated rings. The Morgan fingerprint density at radius 1 is 1.14 bits per heavy atom. The number of hydrogen-bond acceptors (Lipinski definition) is 12. The summed E-state index contributed by atoms with van der Waals surface area (Å²) in [6.45, 7) is 2.01. The molecule has 1 aromatic rings. The van der Waals surface area contributed by atoms with Crippen LogP contribution in [0.1, 0.15) is 27.0 Å². The Balaban J connectivity index is 2.18. The molecule has 35 heavy (non-hydrogen) atoms. The molecule has 1 saturated heterocycles. The molecule has 2 unspecified atom stereocenters. The molecule has 2 rings (SSSR count). The summed E-state index contributed by atoms with van der Waals surface area (Å²) < 4.78 is 33.7. The van der Waals surface area contributed by atoms with Crippen molar-refractivity contribution in [2.75, 3.05) is 36.2 Å². The van der Waals surface area contributed by atoms with E-state index in [-0.39, 0.29) is 32.2 Å². The van der Waals surface area contributed by atoms with Crippen molar-refractivity contribution in [2.45, 2.75) is 51.8 Å². The Labute approximate surface area is 214 Å². The minimum atomic E-state index is -1.39. The molecule has 0 radical (unpaired) electrons. The molecule has 15 heteroatoms. The van der Waals surface area contributed by atoms with E-state index in [1.165, 1.54) is 33.0 Å². The van der Waals surface area contributed by atoms with E-state index in [4.69, 9.17) is 28.4 Å². The molecule has 1 aromatic heterocycles. The lowest BCUT2D eigenvalue weighted by Gasteiger charge is -2.27. The van der Waals surface area contributed by atoms with Crippen LogP contribution in [0.3, 0.4) is 0 Å². The number of carbonyl (C=O) groups excluding carboxylic acids is 3. The molecule has 1 amide bonds. The average molecular weight is 613 g/mol. The molecule has 196 valence electrons. The van der Waals surface area contributed by atoms with E-state index in [0.717, 1.165) is 4.57 Å². The smallest absolute Gasteiger partial charge is 0.351 e. The first-order valence-electron chi connectivity index (χ1n) is 10.5. The van der Waals surface area contributed by atoms with Gasteiger partial charge < -0.3 is 38.8 Å². The monoisotopic (exact) mass is 613 g/mol. The number of amides is 1. The van der Waals surface area contributed by atoms with Crippen molar-refractivity contribution < 1.29 is 47.9 Å². The minimum absolute atomic E-state index is 0.0562. The highest BCUT2D eigenvalue weighted by molar-refractivity contribution is 14.1. The maximum Gasteiger partial charge on any atom is 0.351 e. The van der Waals surface area contributed by atoms with Crippen molar-refractivity contribution in [1.29, 1.82) is 0 Å². The summed E-state index contributed by atoms with van der Waals surface area (Å²) in [4.78, 5) is 49.6. The Morgan fingerprint density at radius 3 is 2.23 bits per heavy atom. The van der Waals surface area contributed by atoms with E-state index in [9.17, 15) is 24.3 Å². The summed E-state index contributed by atoms with van der Waals surface area (Å²) >= 11 is 2.02. The van der Waals surface area contributed by atoms with Crippen LogP contribution in [0.4, 0.5) is 5.82 Å². The first kappa shape index (κ1) is 29.1. The van der Waals surface area contributed by atoms with Gasteiger partial charge in [0.2, 0.25) is 5.91 Å². The molecule has 0 aliphatic carbocycles. The number of aromatic nitrogens is 2. The second-order valence-corrected chi connectivity index (χ2v) is 8.09. The number of aliphatic hydroxyl groups excluding tert-OH is 1. The van der Waals surface area contributed by atoms with Gasteiger partial charge in [-0.05, 0) is 6.07 Å². The number of hydrogen-bond donors (Lipinski definition) is 2. The number of alkyl halides is 1. The number of ether oxygens (including phenoxy) is 6. The van der Waals surface area contributed by atoms with Gasteiger partial charge in [-0.15, -0.1) is 0 Å². The standard InChI is InChI=1S/C20H28IN3O11/c1-11(25)22-15-4-5-24(19(29)23-15)18-17(16(28)14(10-21)34-18)35-20(32-8-6-30-12(2)26)33-9-7-31-13(3)27/h4-5,14,16-18,20,28H,6-10H2,1-3H3,(H,22,23,25,29)/t14-,16?,17?,18-/m1/s1. The van der Waals surface area contributed by atoms with E-state index < -0.39 is 54.6 Å². The van der Waals surface area contributed by atoms with E-state index >= 15 is 0 Å². The molecule has 14 nitrogen and oxygen atoms in total. The second-order valence-electron chi connectivity index (χ2n) is 7.20. The van der Waals surface area contributed by atoms with Crippen LogP contribution in [0, 0.1) is 0 Å². The lowest BCUT2D eigenvalue weighted by Crippen LogP contribution is -2.41. The normalized spacial score (nSPS) is 21.7. The predicted octanol–water partition coefficient (Wildman–Crippen LogP) is -0.277. The molecule has 0 saturated carbocycles. The van der Waals surface area contributed by atoms with Crippen LogP contribution in [-0.4, -0.2) is 88.1 Å². The zero-order valence-electron chi connectivity index (χ0n) is 19.4. The summed E-state index contributed by atoms with van der Waals surface area (Å²) in [7, 11) is 0. The van der Waals surface area contributed by atoms with Crippen molar-refractivity contribution in [3.8, 4) is 0 Å². The SMILES string of the molecule is CC(=O)Nc1ccn([C@@H]2O[C@H](CI)C(O)C2OC(OCCOC(C)=O)OCCOC(C)=O)c(=O)n1.